The maximum absolute atomic E-state index is 12.1. The van der Waals surface area contributed by atoms with Crippen LogP contribution in [0, 0.1) is 0 Å². The van der Waals surface area contributed by atoms with Gasteiger partial charge in [0.2, 0.25) is 5.76 Å². The Morgan fingerprint density at radius 2 is 2.29 bits per heavy atom. The van der Waals surface area contributed by atoms with Crippen molar-refractivity contribution in [1.29, 1.82) is 0 Å². The Bertz CT molecular complexity index is 536. The van der Waals surface area contributed by atoms with Gasteiger partial charge in [0.1, 0.15) is 5.76 Å². The first-order valence-corrected chi connectivity index (χ1v) is 7.15. The van der Waals surface area contributed by atoms with Crippen LogP contribution in [0.2, 0.25) is 0 Å². The Morgan fingerprint density at radius 3 is 2.95 bits per heavy atom. The second-order valence-corrected chi connectivity index (χ2v) is 5.02. The molecule has 21 heavy (non-hydrogen) atoms. The summed E-state index contributed by atoms with van der Waals surface area (Å²) < 4.78 is 5.10. The van der Waals surface area contributed by atoms with E-state index in [0.717, 1.165) is 19.3 Å². The van der Waals surface area contributed by atoms with E-state index in [1.807, 2.05) is 6.08 Å². The molecule has 0 bridgehead atoms. The predicted octanol–water partition coefficient (Wildman–Crippen LogP) is 2.62. The number of carboxylic acid groups (broad SMARTS) is 1. The highest BCUT2D eigenvalue weighted by Crippen LogP contribution is 2.16. The van der Waals surface area contributed by atoms with Gasteiger partial charge in [-0.25, -0.2) is 9.59 Å². The average molecular weight is 292 g/mol. The summed E-state index contributed by atoms with van der Waals surface area (Å²) in [5, 5.41) is 11.5. The molecular formula is C15H20N2O4. The van der Waals surface area contributed by atoms with Crippen LogP contribution in [-0.4, -0.2) is 34.6 Å². The first-order valence-electron chi connectivity index (χ1n) is 7.15. The molecule has 1 atom stereocenters. The fourth-order valence-corrected chi connectivity index (χ4v) is 2.32. The third-order valence-electron chi connectivity index (χ3n) is 3.46. The lowest BCUT2D eigenvalue weighted by Gasteiger charge is -2.24. The molecule has 0 fully saturated rings. The van der Waals surface area contributed by atoms with Crippen molar-refractivity contribution in [2.45, 2.75) is 38.8 Å². The molecule has 0 saturated carbocycles. The Labute approximate surface area is 123 Å². The number of carbonyl (C=O) groups is 2. The van der Waals surface area contributed by atoms with Crippen molar-refractivity contribution in [2.75, 3.05) is 6.54 Å². The number of unbranched alkanes of at least 4 members (excludes halogenated alkanes) is 1. The molecule has 6 nitrogen and oxygen atoms in total. The number of hydrogen-bond donors (Lipinski definition) is 2. The lowest BCUT2D eigenvalue weighted by molar-refractivity contribution is 0.0660. The van der Waals surface area contributed by atoms with Crippen molar-refractivity contribution in [3.63, 3.8) is 0 Å². The van der Waals surface area contributed by atoms with Crippen LogP contribution in [-0.2, 0) is 6.54 Å². The number of hydrogen-bond acceptors (Lipinski definition) is 3. The molecule has 0 aromatic carbocycles. The molecule has 1 aromatic heterocycles. The number of carbonyl (C=O) groups excluding carboxylic acids is 1. The SMILES string of the molecule is CCCC[C@@H]1C=CCN1C(=O)NCc1ccc(C(=O)O)o1. The number of rotatable bonds is 6. The van der Waals surface area contributed by atoms with E-state index in [9.17, 15) is 9.59 Å². The predicted molar refractivity (Wildman–Crippen MR) is 77.1 cm³/mol. The van der Waals surface area contributed by atoms with E-state index >= 15 is 0 Å². The Kier molecular flexibility index (Phi) is 5.03. The number of amides is 2. The van der Waals surface area contributed by atoms with Gasteiger partial charge in [0.05, 0.1) is 12.6 Å². The van der Waals surface area contributed by atoms with Gasteiger partial charge in [-0.15, -0.1) is 0 Å². The second kappa shape index (κ2) is 6.97. The van der Waals surface area contributed by atoms with Crippen molar-refractivity contribution in [3.05, 3.63) is 35.8 Å². The molecule has 2 rings (SSSR count). The molecule has 1 aliphatic rings. The van der Waals surface area contributed by atoms with Crippen LogP contribution in [0.3, 0.4) is 0 Å². The van der Waals surface area contributed by atoms with Crippen LogP contribution in [0.1, 0.15) is 42.5 Å². The maximum Gasteiger partial charge on any atom is 0.371 e. The van der Waals surface area contributed by atoms with Gasteiger partial charge in [-0.1, -0.05) is 31.9 Å². The fourth-order valence-electron chi connectivity index (χ4n) is 2.32. The third-order valence-corrected chi connectivity index (χ3v) is 3.46. The normalized spacial score (nSPS) is 17.2. The van der Waals surface area contributed by atoms with Crippen molar-refractivity contribution in [3.8, 4) is 0 Å². The number of furan rings is 1. The van der Waals surface area contributed by atoms with Gasteiger partial charge in [-0.3, -0.25) is 0 Å². The van der Waals surface area contributed by atoms with Gasteiger partial charge in [-0.2, -0.15) is 0 Å². The highest BCUT2D eigenvalue weighted by atomic mass is 16.4. The van der Waals surface area contributed by atoms with Crippen molar-refractivity contribution < 1.29 is 19.1 Å². The van der Waals surface area contributed by atoms with E-state index in [1.54, 1.807) is 11.0 Å². The van der Waals surface area contributed by atoms with E-state index in [2.05, 4.69) is 18.3 Å². The zero-order chi connectivity index (χ0) is 15.2. The summed E-state index contributed by atoms with van der Waals surface area (Å²) in [6, 6.07) is 2.93. The lowest BCUT2D eigenvalue weighted by Crippen LogP contribution is -2.42. The van der Waals surface area contributed by atoms with Crippen LogP contribution in [0.15, 0.2) is 28.7 Å². The molecule has 0 spiro atoms. The van der Waals surface area contributed by atoms with Crippen molar-refractivity contribution in [2.24, 2.45) is 0 Å². The molecule has 0 radical (unpaired) electrons. The third kappa shape index (κ3) is 3.87. The molecule has 0 unspecified atom stereocenters. The standard InChI is InChI=1S/C15H20N2O4/c1-2-3-5-11-6-4-9-17(11)15(20)16-10-12-7-8-13(21-12)14(18)19/h4,6-8,11H,2-3,5,9-10H2,1H3,(H,16,20)(H,18,19)/t11-/m1/s1. The number of nitrogens with zero attached hydrogens (tertiary/aromatic N) is 1. The summed E-state index contributed by atoms with van der Waals surface area (Å²) >= 11 is 0. The molecule has 6 heteroatoms. The smallest absolute Gasteiger partial charge is 0.371 e. The summed E-state index contributed by atoms with van der Waals surface area (Å²) in [6.45, 7) is 2.92. The number of nitrogens with one attached hydrogen (secondary N) is 1. The minimum Gasteiger partial charge on any atom is -0.475 e. The van der Waals surface area contributed by atoms with E-state index in [4.69, 9.17) is 9.52 Å². The minimum absolute atomic E-state index is 0.122. The maximum atomic E-state index is 12.1. The van der Waals surface area contributed by atoms with Crippen LogP contribution in [0.5, 0.6) is 0 Å². The molecular weight excluding hydrogens is 272 g/mol. The largest absolute Gasteiger partial charge is 0.475 e. The summed E-state index contributed by atoms with van der Waals surface area (Å²) in [7, 11) is 0. The van der Waals surface area contributed by atoms with E-state index in [0.29, 0.717) is 12.3 Å². The molecule has 114 valence electrons. The zero-order valence-corrected chi connectivity index (χ0v) is 12.0. The lowest BCUT2D eigenvalue weighted by atomic mass is 10.1. The van der Waals surface area contributed by atoms with Gasteiger partial charge in [-0.05, 0) is 18.6 Å². The fraction of sp³-hybridized carbons (Fsp3) is 0.467. The summed E-state index contributed by atoms with van der Waals surface area (Å²) in [5.74, 6) is -0.808. The average Bonchev–Trinajstić information content (AvgIpc) is 3.11. The quantitative estimate of drug-likeness (QED) is 0.789. The van der Waals surface area contributed by atoms with Crippen molar-refractivity contribution >= 4 is 12.0 Å². The van der Waals surface area contributed by atoms with E-state index in [1.165, 1.54) is 6.07 Å². The first kappa shape index (κ1) is 15.2. The highest BCUT2D eigenvalue weighted by molar-refractivity contribution is 5.84. The highest BCUT2D eigenvalue weighted by Gasteiger charge is 2.24. The van der Waals surface area contributed by atoms with Gasteiger partial charge < -0.3 is 19.7 Å². The second-order valence-electron chi connectivity index (χ2n) is 5.02. The van der Waals surface area contributed by atoms with Gasteiger partial charge >= 0.3 is 12.0 Å². The minimum atomic E-state index is -1.11. The number of carboxylic acids is 1. The molecule has 2 N–H and O–H groups in total. The topological polar surface area (TPSA) is 82.8 Å². The van der Waals surface area contributed by atoms with Gasteiger partial charge in [0, 0.05) is 6.54 Å². The van der Waals surface area contributed by atoms with Crippen LogP contribution >= 0.6 is 0 Å². The van der Waals surface area contributed by atoms with Crippen LogP contribution < -0.4 is 5.32 Å². The van der Waals surface area contributed by atoms with E-state index in [-0.39, 0.29) is 24.4 Å². The van der Waals surface area contributed by atoms with Crippen LogP contribution in [0.25, 0.3) is 0 Å². The summed E-state index contributed by atoms with van der Waals surface area (Å²) in [5.41, 5.74) is 0. The Balaban J connectivity index is 1.84. The van der Waals surface area contributed by atoms with E-state index < -0.39 is 5.97 Å². The molecule has 1 aromatic rings. The van der Waals surface area contributed by atoms with Crippen LogP contribution in [0.4, 0.5) is 4.79 Å². The van der Waals surface area contributed by atoms with Gasteiger partial charge in [0.25, 0.3) is 0 Å². The monoisotopic (exact) mass is 292 g/mol. The molecule has 2 amide bonds. The summed E-state index contributed by atoms with van der Waals surface area (Å²) in [6.07, 6.45) is 7.20. The molecule has 0 aliphatic carbocycles. The first-order chi connectivity index (χ1) is 10.1. The Morgan fingerprint density at radius 1 is 1.48 bits per heavy atom. The van der Waals surface area contributed by atoms with Gasteiger partial charge in [0.15, 0.2) is 0 Å². The molecule has 1 aliphatic heterocycles. The van der Waals surface area contributed by atoms with Crippen molar-refractivity contribution in [1.82, 2.24) is 10.2 Å². The Hall–Kier alpha value is -2.24. The zero-order valence-electron chi connectivity index (χ0n) is 12.0. The number of aromatic carboxylic acids is 1. The number of urea groups is 1. The summed E-state index contributed by atoms with van der Waals surface area (Å²) in [4.78, 5) is 24.6. The molecule has 2 heterocycles. The molecule has 0 saturated heterocycles.